The van der Waals surface area contributed by atoms with Gasteiger partial charge in [-0.15, -0.1) is 0 Å². The first-order chi connectivity index (χ1) is 11.1. The van der Waals surface area contributed by atoms with E-state index in [4.69, 9.17) is 11.6 Å². The second kappa shape index (κ2) is 5.79. The normalized spacial score (nSPS) is 19.3. The highest BCUT2D eigenvalue weighted by molar-refractivity contribution is 7.89. The maximum absolute atomic E-state index is 13.0. The van der Waals surface area contributed by atoms with Gasteiger partial charge in [-0.2, -0.15) is 17.5 Å². The molecule has 0 unspecified atom stereocenters. The number of benzene rings is 1. The van der Waals surface area contributed by atoms with Crippen molar-refractivity contribution in [3.8, 4) is 0 Å². The van der Waals surface area contributed by atoms with E-state index in [1.807, 2.05) is 16.8 Å². The first kappa shape index (κ1) is 17.3. The first-order valence-corrected chi connectivity index (χ1v) is 8.98. The Morgan fingerprint density at radius 3 is 2.58 bits per heavy atom. The van der Waals surface area contributed by atoms with E-state index >= 15 is 0 Å². The molecule has 4 nitrogen and oxygen atoms in total. The number of halogens is 4. The van der Waals surface area contributed by atoms with Crippen LogP contribution in [0.1, 0.15) is 24.2 Å². The van der Waals surface area contributed by atoms with Crippen LogP contribution in [0.15, 0.2) is 41.4 Å². The van der Waals surface area contributed by atoms with E-state index in [0.29, 0.717) is 12.6 Å². The van der Waals surface area contributed by atoms with E-state index in [1.54, 1.807) is 13.0 Å². The van der Waals surface area contributed by atoms with Gasteiger partial charge in [-0.3, -0.25) is 0 Å². The van der Waals surface area contributed by atoms with Crippen LogP contribution in [0.5, 0.6) is 0 Å². The number of alkyl halides is 3. The van der Waals surface area contributed by atoms with Gasteiger partial charge in [0.05, 0.1) is 21.5 Å². The zero-order valence-corrected chi connectivity index (χ0v) is 14.2. The van der Waals surface area contributed by atoms with E-state index in [0.717, 1.165) is 17.8 Å². The van der Waals surface area contributed by atoms with Gasteiger partial charge >= 0.3 is 6.18 Å². The van der Waals surface area contributed by atoms with Gasteiger partial charge in [0.2, 0.25) is 10.0 Å². The summed E-state index contributed by atoms with van der Waals surface area (Å²) in [4.78, 5) is -0.411. The maximum Gasteiger partial charge on any atom is 0.417 e. The third-order valence-electron chi connectivity index (χ3n) is 4.14. The van der Waals surface area contributed by atoms with Gasteiger partial charge in [-0.1, -0.05) is 11.6 Å². The lowest BCUT2D eigenvalue weighted by atomic mass is 10.2. The second-order valence-corrected chi connectivity index (χ2v) is 7.86. The van der Waals surface area contributed by atoms with Crippen LogP contribution in [-0.4, -0.2) is 23.8 Å². The smallest absolute Gasteiger partial charge is 0.349 e. The number of nitrogens with zero attached hydrogens (tertiary/aromatic N) is 2. The molecule has 0 amide bonds. The summed E-state index contributed by atoms with van der Waals surface area (Å²) in [5.74, 6) is 0. The Kier molecular flexibility index (Phi) is 4.17. The summed E-state index contributed by atoms with van der Waals surface area (Å²) < 4.78 is 67.8. The minimum absolute atomic E-state index is 0.190. The summed E-state index contributed by atoms with van der Waals surface area (Å²) >= 11 is 5.57. The molecule has 0 bridgehead atoms. The molecule has 0 saturated carbocycles. The van der Waals surface area contributed by atoms with E-state index in [1.165, 1.54) is 4.31 Å². The summed E-state index contributed by atoms with van der Waals surface area (Å²) in [6.45, 7) is 2.35. The van der Waals surface area contributed by atoms with Gasteiger partial charge in [-0.05, 0) is 37.3 Å². The zero-order chi connectivity index (χ0) is 17.7. The number of aromatic nitrogens is 1. The molecule has 1 aromatic carbocycles. The molecule has 2 aromatic rings. The first-order valence-electron chi connectivity index (χ1n) is 7.16. The summed E-state index contributed by atoms with van der Waals surface area (Å²) in [5.41, 5.74) is -0.354. The van der Waals surface area contributed by atoms with Gasteiger partial charge < -0.3 is 4.57 Å². The molecule has 1 aliphatic rings. The Morgan fingerprint density at radius 2 is 1.92 bits per heavy atom. The molecule has 0 spiro atoms. The van der Waals surface area contributed by atoms with Crippen molar-refractivity contribution in [1.29, 1.82) is 0 Å². The molecule has 1 aromatic heterocycles. The summed E-state index contributed by atoms with van der Waals surface area (Å²) in [6.07, 6.45) is -2.87. The molecule has 0 radical (unpaired) electrons. The molecular weight excluding hydrogens is 365 g/mol. The molecule has 9 heteroatoms. The summed E-state index contributed by atoms with van der Waals surface area (Å²) in [5, 5.41) is -0.526. The number of sulfonamides is 1. The van der Waals surface area contributed by atoms with Crippen LogP contribution in [0.3, 0.4) is 0 Å². The fourth-order valence-electron chi connectivity index (χ4n) is 2.90. The molecule has 0 aliphatic carbocycles. The van der Waals surface area contributed by atoms with E-state index in [2.05, 4.69) is 0 Å². The van der Waals surface area contributed by atoms with E-state index in [9.17, 15) is 21.6 Å². The fourth-order valence-corrected chi connectivity index (χ4v) is 4.75. The second-order valence-electron chi connectivity index (χ2n) is 5.56. The third kappa shape index (κ3) is 2.82. The Bertz CT molecular complexity index is 877. The van der Waals surface area contributed by atoms with E-state index < -0.39 is 37.7 Å². The van der Waals surface area contributed by atoms with Crippen LogP contribution in [0, 0.1) is 0 Å². The lowest BCUT2D eigenvalue weighted by Gasteiger charge is -2.34. The minimum Gasteiger partial charge on any atom is -0.349 e. The van der Waals surface area contributed by atoms with Crippen molar-refractivity contribution in [2.24, 2.45) is 0 Å². The van der Waals surface area contributed by atoms with Crippen molar-refractivity contribution in [1.82, 2.24) is 8.87 Å². The SMILES string of the molecule is C[C@H]1c2cccn2CCN1S(=O)(=O)c1ccc(Cl)c(C(F)(F)F)c1. The predicted molar refractivity (Wildman–Crippen MR) is 83.2 cm³/mol. The summed E-state index contributed by atoms with van der Waals surface area (Å²) in [6, 6.07) is 5.81. The lowest BCUT2D eigenvalue weighted by molar-refractivity contribution is -0.137. The molecule has 3 rings (SSSR count). The van der Waals surface area contributed by atoms with Crippen molar-refractivity contribution in [3.63, 3.8) is 0 Å². The fraction of sp³-hybridized carbons (Fsp3) is 0.333. The molecule has 0 saturated heterocycles. The van der Waals surface area contributed by atoms with Gasteiger partial charge in [0.15, 0.2) is 0 Å². The Morgan fingerprint density at radius 1 is 1.21 bits per heavy atom. The third-order valence-corrected chi connectivity index (χ3v) is 6.43. The highest BCUT2D eigenvalue weighted by atomic mass is 35.5. The van der Waals surface area contributed by atoms with Crippen LogP contribution >= 0.6 is 11.6 Å². The Balaban J connectivity index is 2.03. The van der Waals surface area contributed by atoms with Crippen molar-refractivity contribution in [2.45, 2.75) is 30.6 Å². The highest BCUT2D eigenvalue weighted by Gasteiger charge is 2.37. The largest absolute Gasteiger partial charge is 0.417 e. The molecular formula is C15H14ClF3N2O2S. The average molecular weight is 379 g/mol. The molecule has 2 heterocycles. The van der Waals surface area contributed by atoms with Gasteiger partial charge in [0.1, 0.15) is 0 Å². The maximum atomic E-state index is 13.0. The van der Waals surface area contributed by atoms with E-state index in [-0.39, 0.29) is 6.54 Å². The molecule has 1 atom stereocenters. The predicted octanol–water partition coefficient (Wildman–Crippen LogP) is 3.93. The van der Waals surface area contributed by atoms with Crippen LogP contribution in [0.25, 0.3) is 0 Å². The average Bonchev–Trinajstić information content (AvgIpc) is 2.95. The topological polar surface area (TPSA) is 42.3 Å². The van der Waals surface area contributed by atoms with Crippen molar-refractivity contribution in [2.75, 3.05) is 6.54 Å². The zero-order valence-electron chi connectivity index (χ0n) is 12.6. The molecule has 0 N–H and O–H groups in total. The summed E-state index contributed by atoms with van der Waals surface area (Å²) in [7, 11) is -4.07. The van der Waals surface area contributed by atoms with Crippen LogP contribution in [0.4, 0.5) is 13.2 Å². The monoisotopic (exact) mass is 378 g/mol. The Labute approximate surface area is 142 Å². The van der Waals surface area contributed by atoms with Crippen molar-refractivity contribution < 1.29 is 21.6 Å². The Hall–Kier alpha value is -1.51. The highest BCUT2D eigenvalue weighted by Crippen LogP contribution is 2.38. The van der Waals surface area contributed by atoms with Gasteiger partial charge in [0, 0.05) is 25.0 Å². The number of hydrogen-bond acceptors (Lipinski definition) is 2. The number of fused-ring (bicyclic) bond motifs is 1. The standard InChI is InChI=1S/C15H14ClF3N2O2S/c1-10-14-3-2-6-20(14)7-8-21(10)24(22,23)11-4-5-13(16)12(9-11)15(17,18)19/h2-6,9-10H,7-8H2,1H3/t10-/m0/s1. The molecule has 24 heavy (non-hydrogen) atoms. The number of hydrogen-bond donors (Lipinski definition) is 0. The molecule has 130 valence electrons. The van der Waals surface area contributed by atoms with Gasteiger partial charge in [0.25, 0.3) is 0 Å². The lowest BCUT2D eigenvalue weighted by Crippen LogP contribution is -2.40. The van der Waals surface area contributed by atoms with Crippen molar-refractivity contribution in [3.05, 3.63) is 52.8 Å². The quantitative estimate of drug-likeness (QED) is 0.794. The van der Waals surface area contributed by atoms with Crippen LogP contribution < -0.4 is 0 Å². The van der Waals surface area contributed by atoms with Crippen molar-refractivity contribution >= 4 is 21.6 Å². The molecule has 0 fully saturated rings. The van der Waals surface area contributed by atoms with Crippen LogP contribution in [0.2, 0.25) is 5.02 Å². The number of rotatable bonds is 2. The van der Waals surface area contributed by atoms with Gasteiger partial charge in [-0.25, -0.2) is 8.42 Å². The van der Waals surface area contributed by atoms with Crippen LogP contribution in [-0.2, 0) is 22.7 Å². The minimum atomic E-state index is -4.72. The molecule has 1 aliphatic heterocycles.